The van der Waals surface area contributed by atoms with E-state index in [0.29, 0.717) is 18.9 Å². The second-order valence-corrected chi connectivity index (χ2v) is 7.27. The highest BCUT2D eigenvalue weighted by Gasteiger charge is 2.21. The number of rotatable bonds is 8. The van der Waals surface area contributed by atoms with Crippen LogP contribution in [-0.4, -0.2) is 29.6 Å². The van der Waals surface area contributed by atoms with E-state index >= 15 is 0 Å². The molecule has 1 aromatic carbocycles. The Labute approximate surface area is 158 Å². The van der Waals surface area contributed by atoms with Gasteiger partial charge in [0.2, 0.25) is 11.8 Å². The number of aryl methyl sites for hydroxylation is 1. The Morgan fingerprint density at radius 3 is 1.96 bits per heavy atom. The van der Waals surface area contributed by atoms with Crippen molar-refractivity contribution in [3.8, 4) is 0 Å². The summed E-state index contributed by atoms with van der Waals surface area (Å²) in [6.45, 7) is 12.1. The summed E-state index contributed by atoms with van der Waals surface area (Å²) in [6, 6.07) is 7.13. The van der Waals surface area contributed by atoms with Gasteiger partial charge in [-0.15, -0.1) is 0 Å². The Bertz CT molecular complexity index is 525. The Kier molecular flexibility index (Phi) is 12.4. The molecule has 0 bridgehead atoms. The summed E-state index contributed by atoms with van der Waals surface area (Å²) in [5.74, 6) is 0.267. The van der Waals surface area contributed by atoms with Crippen molar-refractivity contribution >= 4 is 17.5 Å². The maximum Gasteiger partial charge on any atom is 0.246 e. The van der Waals surface area contributed by atoms with E-state index in [1.54, 1.807) is 0 Å². The normalized spacial score (nSPS) is 11.6. The minimum Gasteiger partial charge on any atom is -0.396 e. The van der Waals surface area contributed by atoms with E-state index in [2.05, 4.69) is 24.5 Å². The number of amides is 2. The molecular formula is C21H36N2O3. The quantitative estimate of drug-likeness (QED) is 0.654. The van der Waals surface area contributed by atoms with Crippen molar-refractivity contribution in [2.75, 3.05) is 11.9 Å². The topological polar surface area (TPSA) is 78.4 Å². The third-order valence-corrected chi connectivity index (χ3v) is 3.76. The number of hydrogen-bond donors (Lipinski definition) is 3. The van der Waals surface area contributed by atoms with Crippen LogP contribution in [0.5, 0.6) is 0 Å². The number of carbonyl (C=O) groups excluding carboxylic acids is 2. The maximum absolute atomic E-state index is 12.2. The van der Waals surface area contributed by atoms with Gasteiger partial charge in [0.25, 0.3) is 0 Å². The van der Waals surface area contributed by atoms with Crippen molar-refractivity contribution in [1.82, 2.24) is 5.32 Å². The Morgan fingerprint density at radius 2 is 1.58 bits per heavy atom. The molecule has 0 saturated carbocycles. The van der Waals surface area contributed by atoms with Crippen LogP contribution in [-0.2, 0) is 9.59 Å². The van der Waals surface area contributed by atoms with Gasteiger partial charge in [0, 0.05) is 18.2 Å². The number of nitrogens with one attached hydrogen (secondary N) is 2. The van der Waals surface area contributed by atoms with Crippen LogP contribution in [0.4, 0.5) is 5.69 Å². The average molecular weight is 365 g/mol. The zero-order chi connectivity index (χ0) is 20.1. The molecule has 2 amide bonds. The van der Waals surface area contributed by atoms with E-state index in [0.717, 1.165) is 24.1 Å². The second kappa shape index (κ2) is 13.3. The first kappa shape index (κ1) is 24.1. The molecule has 5 heteroatoms. The van der Waals surface area contributed by atoms with Crippen LogP contribution in [0.15, 0.2) is 24.3 Å². The molecule has 5 nitrogen and oxygen atoms in total. The predicted octanol–water partition coefficient (Wildman–Crippen LogP) is 3.90. The molecular weight excluding hydrogens is 328 g/mol. The fraction of sp³-hybridized carbons (Fsp3) is 0.619. The van der Waals surface area contributed by atoms with Crippen molar-refractivity contribution in [1.29, 1.82) is 0 Å². The largest absolute Gasteiger partial charge is 0.396 e. The summed E-state index contributed by atoms with van der Waals surface area (Å²) in [4.78, 5) is 24.0. The monoisotopic (exact) mass is 364 g/mol. The number of benzene rings is 1. The van der Waals surface area contributed by atoms with E-state index in [4.69, 9.17) is 5.11 Å². The molecule has 148 valence electrons. The van der Waals surface area contributed by atoms with Gasteiger partial charge in [0.1, 0.15) is 6.04 Å². The highest BCUT2D eigenvalue weighted by atomic mass is 16.3. The Hall–Kier alpha value is -1.88. The highest BCUT2D eigenvalue weighted by Crippen LogP contribution is 2.10. The Balaban J connectivity index is 0.000000896. The molecule has 0 fully saturated rings. The fourth-order valence-corrected chi connectivity index (χ4v) is 2.02. The smallest absolute Gasteiger partial charge is 0.246 e. The van der Waals surface area contributed by atoms with Crippen LogP contribution in [0.25, 0.3) is 0 Å². The van der Waals surface area contributed by atoms with Crippen LogP contribution in [0.3, 0.4) is 0 Å². The van der Waals surface area contributed by atoms with Gasteiger partial charge >= 0.3 is 0 Å². The summed E-state index contributed by atoms with van der Waals surface area (Å²) >= 11 is 0. The minimum absolute atomic E-state index is 0.0949. The Morgan fingerprint density at radius 1 is 1.00 bits per heavy atom. The summed E-state index contributed by atoms with van der Waals surface area (Å²) < 4.78 is 0. The molecule has 1 aromatic rings. The van der Waals surface area contributed by atoms with E-state index < -0.39 is 6.04 Å². The van der Waals surface area contributed by atoms with Crippen LogP contribution in [0, 0.1) is 18.8 Å². The number of carbonyl (C=O) groups is 2. The molecule has 0 aromatic heterocycles. The molecule has 1 rings (SSSR count). The predicted molar refractivity (Wildman–Crippen MR) is 108 cm³/mol. The summed E-state index contributed by atoms with van der Waals surface area (Å²) in [6.07, 6.45) is 2.40. The lowest BCUT2D eigenvalue weighted by Crippen LogP contribution is -2.45. The first-order valence-electron chi connectivity index (χ1n) is 9.49. The van der Waals surface area contributed by atoms with Gasteiger partial charge in [0.05, 0.1) is 0 Å². The lowest BCUT2D eigenvalue weighted by Gasteiger charge is -2.19. The zero-order valence-electron chi connectivity index (χ0n) is 17.1. The lowest BCUT2D eigenvalue weighted by molar-refractivity contribution is -0.128. The molecule has 26 heavy (non-hydrogen) atoms. The number of hydrogen-bond acceptors (Lipinski definition) is 3. The molecule has 0 spiro atoms. The number of aliphatic hydroxyl groups is 1. The average Bonchev–Trinajstić information content (AvgIpc) is 2.56. The molecule has 1 unspecified atom stereocenters. The molecule has 1 atom stereocenters. The lowest BCUT2D eigenvalue weighted by atomic mass is 10.1. The van der Waals surface area contributed by atoms with Gasteiger partial charge in [0.15, 0.2) is 0 Å². The molecule has 0 aliphatic carbocycles. The number of aliphatic hydroxyl groups excluding tert-OH is 1. The van der Waals surface area contributed by atoms with Crippen LogP contribution in [0.2, 0.25) is 0 Å². The van der Waals surface area contributed by atoms with Crippen LogP contribution >= 0.6 is 0 Å². The third-order valence-electron chi connectivity index (χ3n) is 3.76. The van der Waals surface area contributed by atoms with Crippen molar-refractivity contribution in [2.45, 2.75) is 66.8 Å². The van der Waals surface area contributed by atoms with Crippen LogP contribution in [0.1, 0.15) is 59.4 Å². The molecule has 0 radical (unpaired) electrons. The van der Waals surface area contributed by atoms with Crippen molar-refractivity contribution < 1.29 is 14.7 Å². The summed E-state index contributed by atoms with van der Waals surface area (Å²) in [7, 11) is 0. The summed E-state index contributed by atoms with van der Waals surface area (Å²) in [5, 5.41) is 13.9. The molecule has 0 aliphatic rings. The first-order valence-corrected chi connectivity index (χ1v) is 9.49. The van der Waals surface area contributed by atoms with Crippen LogP contribution < -0.4 is 10.6 Å². The van der Waals surface area contributed by atoms with Gasteiger partial charge in [-0.1, -0.05) is 58.7 Å². The maximum atomic E-state index is 12.2. The van der Waals surface area contributed by atoms with E-state index in [1.807, 2.05) is 52.0 Å². The van der Waals surface area contributed by atoms with Gasteiger partial charge in [-0.25, -0.2) is 0 Å². The summed E-state index contributed by atoms with van der Waals surface area (Å²) in [5.41, 5.74) is 1.89. The van der Waals surface area contributed by atoms with Gasteiger partial charge < -0.3 is 15.7 Å². The van der Waals surface area contributed by atoms with E-state index in [-0.39, 0.29) is 17.7 Å². The first-order chi connectivity index (χ1) is 12.2. The van der Waals surface area contributed by atoms with E-state index in [1.165, 1.54) is 0 Å². The molecule has 3 N–H and O–H groups in total. The van der Waals surface area contributed by atoms with Crippen molar-refractivity contribution in [3.05, 3.63) is 29.8 Å². The standard InChI is InChI=1S/C16H24N2O2.C5H12O/c1-5-6-14(18-15(19)11(2)3)16(20)17-13-9-7-12(4)8-10-13;1-5(2)3-4-6/h7-11,14H,5-6H2,1-4H3,(H,17,20)(H,18,19);5-6H,3-4H2,1-2H3. The van der Waals surface area contributed by atoms with Gasteiger partial charge in [-0.05, 0) is 37.8 Å². The second-order valence-electron chi connectivity index (χ2n) is 7.27. The van der Waals surface area contributed by atoms with E-state index in [9.17, 15) is 9.59 Å². The van der Waals surface area contributed by atoms with Crippen molar-refractivity contribution in [2.24, 2.45) is 11.8 Å². The molecule has 0 saturated heterocycles. The van der Waals surface area contributed by atoms with Gasteiger partial charge in [-0.2, -0.15) is 0 Å². The minimum atomic E-state index is -0.476. The van der Waals surface area contributed by atoms with Gasteiger partial charge in [-0.3, -0.25) is 9.59 Å². The fourth-order valence-electron chi connectivity index (χ4n) is 2.02. The van der Waals surface area contributed by atoms with Crippen molar-refractivity contribution in [3.63, 3.8) is 0 Å². The third kappa shape index (κ3) is 10.9. The molecule has 0 heterocycles. The molecule has 0 aliphatic heterocycles. The highest BCUT2D eigenvalue weighted by molar-refractivity contribution is 5.97. The zero-order valence-corrected chi connectivity index (χ0v) is 17.1. The number of anilines is 1. The SMILES string of the molecule is CC(C)CCO.CCCC(NC(=O)C(C)C)C(=O)Nc1ccc(C)cc1.